The molecular weight excluding hydrogens is 494 g/mol. The topological polar surface area (TPSA) is 56.8 Å². The van der Waals surface area contributed by atoms with Gasteiger partial charge in [0.25, 0.3) is 0 Å². The van der Waals surface area contributed by atoms with Crippen molar-refractivity contribution in [3.05, 3.63) is 117 Å². The van der Waals surface area contributed by atoms with Crippen LogP contribution in [0.15, 0.2) is 95.5 Å². The number of anilines is 1. The highest BCUT2D eigenvalue weighted by atomic mass is 32.1. The molecule has 1 aliphatic carbocycles. The Balaban J connectivity index is 1.38. The van der Waals surface area contributed by atoms with Crippen LogP contribution in [-0.4, -0.2) is 20.0 Å². The molecule has 1 aromatic heterocycles. The number of carbonyl (C=O) groups excluding carboxylic acids is 1. The van der Waals surface area contributed by atoms with E-state index in [1.54, 1.807) is 25.6 Å². The molecule has 1 aliphatic heterocycles. The number of hydrogen-bond donors (Lipinski definition) is 1. The molecule has 0 radical (unpaired) electrons. The number of methoxy groups -OCH3 is 2. The van der Waals surface area contributed by atoms with Crippen molar-refractivity contribution in [2.75, 3.05) is 19.5 Å². The predicted octanol–water partition coefficient (Wildman–Crippen LogP) is 7.30. The molecule has 192 valence electrons. The van der Waals surface area contributed by atoms with Crippen molar-refractivity contribution in [2.45, 2.75) is 31.3 Å². The molecule has 38 heavy (non-hydrogen) atoms. The Kier molecular flexibility index (Phi) is 6.64. The van der Waals surface area contributed by atoms with E-state index in [-0.39, 0.29) is 17.6 Å². The molecule has 6 heteroatoms. The first-order chi connectivity index (χ1) is 18.6. The molecule has 2 aliphatic rings. The van der Waals surface area contributed by atoms with Crippen molar-refractivity contribution in [2.24, 2.45) is 0 Å². The summed E-state index contributed by atoms with van der Waals surface area (Å²) in [6, 6.07) is 26.4. The van der Waals surface area contributed by atoms with Crippen LogP contribution in [0, 0.1) is 0 Å². The molecule has 3 aromatic carbocycles. The third-order valence-electron chi connectivity index (χ3n) is 7.36. The third kappa shape index (κ3) is 4.56. The summed E-state index contributed by atoms with van der Waals surface area (Å²) in [7, 11) is 3.27. The third-order valence-corrected chi connectivity index (χ3v) is 8.39. The van der Waals surface area contributed by atoms with Gasteiger partial charge < -0.3 is 19.5 Å². The molecule has 0 saturated carbocycles. The Morgan fingerprint density at radius 1 is 0.895 bits per heavy atom. The molecule has 4 aromatic rings. The van der Waals surface area contributed by atoms with Crippen LogP contribution in [0.25, 0.3) is 0 Å². The van der Waals surface area contributed by atoms with Gasteiger partial charge in [-0.2, -0.15) is 0 Å². The molecular formula is C32H29NO4S. The Hall–Kier alpha value is -4.03. The molecule has 0 amide bonds. The second-order valence-corrected chi connectivity index (χ2v) is 10.6. The van der Waals surface area contributed by atoms with E-state index in [9.17, 15) is 4.79 Å². The summed E-state index contributed by atoms with van der Waals surface area (Å²) in [5.74, 6) is 2.26. The van der Waals surface area contributed by atoms with Gasteiger partial charge in [-0.15, -0.1) is 11.3 Å². The summed E-state index contributed by atoms with van der Waals surface area (Å²) in [5, 5.41) is 5.68. The quantitative estimate of drug-likeness (QED) is 0.275. The molecule has 6 rings (SSSR count). The smallest absolute Gasteiger partial charge is 0.162 e. The van der Waals surface area contributed by atoms with Crippen molar-refractivity contribution in [3.8, 4) is 17.2 Å². The number of ketones is 1. The minimum atomic E-state index is -0.207. The fourth-order valence-electron chi connectivity index (χ4n) is 5.51. The molecule has 2 heterocycles. The standard InChI is InChI=1S/C32H29NO4S/c1-35-28-17-24-25(18-29(28)36-2)33-26-15-22(30-9-6-14-38-30)16-27(34)32(26)31(24)21-10-12-23(13-11-21)37-19-20-7-4-3-5-8-20/h3-14,17-18,22,31,33H,15-16,19H2,1-2H3/t22-,31-/m1/s1. The predicted molar refractivity (Wildman–Crippen MR) is 151 cm³/mol. The van der Waals surface area contributed by atoms with Crippen molar-refractivity contribution < 1.29 is 19.0 Å². The molecule has 0 fully saturated rings. The largest absolute Gasteiger partial charge is 0.493 e. The number of hydrogen-bond acceptors (Lipinski definition) is 6. The molecule has 0 bridgehead atoms. The van der Waals surface area contributed by atoms with Crippen LogP contribution in [0.4, 0.5) is 5.69 Å². The minimum Gasteiger partial charge on any atom is -0.493 e. The van der Waals surface area contributed by atoms with Crippen molar-refractivity contribution in [1.82, 2.24) is 0 Å². The second-order valence-electron chi connectivity index (χ2n) is 9.63. The van der Waals surface area contributed by atoms with E-state index in [2.05, 4.69) is 35.0 Å². The highest BCUT2D eigenvalue weighted by Crippen LogP contribution is 2.50. The van der Waals surface area contributed by atoms with Gasteiger partial charge in [-0.25, -0.2) is 0 Å². The Morgan fingerprint density at radius 2 is 1.66 bits per heavy atom. The Bertz CT molecular complexity index is 1480. The molecule has 0 spiro atoms. The van der Waals surface area contributed by atoms with Crippen molar-refractivity contribution in [3.63, 3.8) is 0 Å². The van der Waals surface area contributed by atoms with Gasteiger partial charge in [0, 0.05) is 46.2 Å². The lowest BCUT2D eigenvalue weighted by Gasteiger charge is -2.36. The number of Topliss-reactive ketones (excluding diaryl/α,β-unsaturated/α-hetero) is 1. The number of thiophene rings is 1. The average Bonchev–Trinajstić information content (AvgIpc) is 3.50. The number of carbonyl (C=O) groups is 1. The SMILES string of the molecule is COc1cc2c(cc1OC)[C@@H](c1ccc(OCc3ccccc3)cc1)C1=C(C[C@@H](c3cccs3)CC1=O)N2. The zero-order valence-electron chi connectivity index (χ0n) is 21.4. The van der Waals surface area contributed by atoms with Crippen LogP contribution >= 0.6 is 11.3 Å². The molecule has 2 atom stereocenters. The fraction of sp³-hybridized carbons (Fsp3) is 0.219. The Morgan fingerprint density at radius 3 is 2.37 bits per heavy atom. The summed E-state index contributed by atoms with van der Waals surface area (Å²) in [6.45, 7) is 0.505. The molecule has 1 N–H and O–H groups in total. The lowest BCUT2D eigenvalue weighted by molar-refractivity contribution is -0.116. The molecule has 5 nitrogen and oxygen atoms in total. The first-order valence-corrected chi connectivity index (χ1v) is 13.6. The van der Waals surface area contributed by atoms with Crippen molar-refractivity contribution >= 4 is 22.8 Å². The first kappa shape index (κ1) is 24.3. The van der Waals surface area contributed by atoms with E-state index in [0.29, 0.717) is 24.5 Å². The summed E-state index contributed by atoms with van der Waals surface area (Å²) >= 11 is 1.72. The van der Waals surface area contributed by atoms with Gasteiger partial charge in [0.15, 0.2) is 17.3 Å². The highest BCUT2D eigenvalue weighted by Gasteiger charge is 2.39. The fourth-order valence-corrected chi connectivity index (χ4v) is 6.34. The van der Waals surface area contributed by atoms with Gasteiger partial charge in [0.05, 0.1) is 14.2 Å². The zero-order valence-corrected chi connectivity index (χ0v) is 22.2. The van der Waals surface area contributed by atoms with Gasteiger partial charge in [-0.1, -0.05) is 48.5 Å². The maximum atomic E-state index is 13.8. The van der Waals surface area contributed by atoms with Crippen LogP contribution in [0.1, 0.15) is 46.2 Å². The first-order valence-electron chi connectivity index (χ1n) is 12.7. The van der Waals surface area contributed by atoms with Crippen molar-refractivity contribution in [1.29, 1.82) is 0 Å². The Labute approximate surface area is 226 Å². The number of nitrogens with one attached hydrogen (secondary N) is 1. The maximum Gasteiger partial charge on any atom is 0.162 e. The maximum absolute atomic E-state index is 13.8. The lowest BCUT2D eigenvalue weighted by Crippen LogP contribution is -2.29. The highest BCUT2D eigenvalue weighted by molar-refractivity contribution is 7.10. The average molecular weight is 524 g/mol. The number of allylic oxidation sites excluding steroid dienone is 2. The van der Waals surface area contributed by atoms with Crippen LogP contribution in [0.5, 0.6) is 17.2 Å². The summed E-state index contributed by atoms with van der Waals surface area (Å²) in [5.41, 5.74) is 5.94. The monoisotopic (exact) mass is 523 g/mol. The normalized spacial score (nSPS) is 18.3. The van der Waals surface area contributed by atoms with E-state index >= 15 is 0 Å². The number of benzene rings is 3. The summed E-state index contributed by atoms with van der Waals surface area (Å²) in [6.07, 6.45) is 1.31. The molecule has 0 unspecified atom stereocenters. The summed E-state index contributed by atoms with van der Waals surface area (Å²) in [4.78, 5) is 15.0. The number of rotatable bonds is 7. The number of ether oxygens (including phenoxy) is 3. The van der Waals surface area contributed by atoms with Crippen LogP contribution in [0.2, 0.25) is 0 Å². The zero-order chi connectivity index (χ0) is 26.1. The van der Waals surface area contributed by atoms with E-state index in [4.69, 9.17) is 14.2 Å². The van der Waals surface area contributed by atoms with Gasteiger partial charge in [0.1, 0.15) is 12.4 Å². The van der Waals surface area contributed by atoms with E-state index < -0.39 is 0 Å². The van der Waals surface area contributed by atoms with Gasteiger partial charge in [-0.3, -0.25) is 4.79 Å². The van der Waals surface area contributed by atoms with Gasteiger partial charge in [-0.05, 0) is 52.8 Å². The minimum absolute atomic E-state index is 0.185. The van der Waals surface area contributed by atoms with Crippen LogP contribution in [0.3, 0.4) is 0 Å². The van der Waals surface area contributed by atoms with Crippen LogP contribution < -0.4 is 19.5 Å². The van der Waals surface area contributed by atoms with Gasteiger partial charge >= 0.3 is 0 Å². The lowest BCUT2D eigenvalue weighted by atomic mass is 9.73. The second kappa shape index (κ2) is 10.4. The van der Waals surface area contributed by atoms with E-state index in [0.717, 1.165) is 45.8 Å². The van der Waals surface area contributed by atoms with Crippen LogP contribution in [-0.2, 0) is 11.4 Å². The van der Waals surface area contributed by atoms with E-state index in [1.165, 1.54) is 4.88 Å². The summed E-state index contributed by atoms with van der Waals surface area (Å²) < 4.78 is 17.3. The van der Waals surface area contributed by atoms with E-state index in [1.807, 2.05) is 54.6 Å². The van der Waals surface area contributed by atoms with Gasteiger partial charge in [0.2, 0.25) is 0 Å². The number of fused-ring (bicyclic) bond motifs is 1. The molecule has 0 saturated heterocycles.